The van der Waals surface area contributed by atoms with Crippen LogP contribution in [-0.2, 0) is 0 Å². The van der Waals surface area contributed by atoms with E-state index in [0.29, 0.717) is 11.5 Å². The quantitative estimate of drug-likeness (QED) is 0.668. The Morgan fingerprint density at radius 1 is 1.33 bits per heavy atom. The first-order valence-corrected chi connectivity index (χ1v) is 5.31. The summed E-state index contributed by atoms with van der Waals surface area (Å²) in [5, 5.41) is 3.87. The Morgan fingerprint density at radius 2 is 2.17 bits per heavy atom. The summed E-state index contributed by atoms with van der Waals surface area (Å²) in [6.45, 7) is 1.70. The van der Waals surface area contributed by atoms with Crippen LogP contribution in [0.25, 0.3) is 0 Å². The summed E-state index contributed by atoms with van der Waals surface area (Å²) in [7, 11) is 0. The van der Waals surface area contributed by atoms with Crippen LogP contribution in [0.15, 0.2) is 52.2 Å². The highest BCUT2D eigenvalue weighted by Crippen LogP contribution is 2.04. The van der Waals surface area contributed by atoms with Crippen molar-refractivity contribution in [3.8, 4) is 0 Å². The molecule has 18 heavy (non-hydrogen) atoms. The molecule has 0 aliphatic heterocycles. The molecule has 92 valence electrons. The van der Waals surface area contributed by atoms with Gasteiger partial charge in [-0.2, -0.15) is 5.10 Å². The summed E-state index contributed by atoms with van der Waals surface area (Å²) in [5.74, 6) is -0.371. The Bertz CT molecular complexity index is 576. The second kappa shape index (κ2) is 5.27. The number of rotatable bonds is 3. The third kappa shape index (κ3) is 2.82. The molecule has 2 rings (SSSR count). The van der Waals surface area contributed by atoms with Gasteiger partial charge in [-0.05, 0) is 37.3 Å². The molecule has 0 radical (unpaired) electrons. The lowest BCUT2D eigenvalue weighted by Gasteiger charge is -2.01. The minimum atomic E-state index is -0.472. The lowest BCUT2D eigenvalue weighted by atomic mass is 10.2. The van der Waals surface area contributed by atoms with Gasteiger partial charge in [0.15, 0.2) is 0 Å². The molecule has 0 spiro atoms. The minimum absolute atomic E-state index is 0.214. The standard InChI is InChI=1S/C13H11FN2O2/c1-9(12-6-3-7-18-12)15-16-13(17)10-4-2-5-11(14)8-10/h2-8H,1H3,(H,16,17)/b15-9+. The van der Waals surface area contributed by atoms with Crippen LogP contribution < -0.4 is 5.43 Å². The Hall–Kier alpha value is -2.43. The van der Waals surface area contributed by atoms with E-state index in [-0.39, 0.29) is 5.56 Å². The molecule has 2 aromatic rings. The third-order valence-corrected chi connectivity index (χ3v) is 2.29. The lowest BCUT2D eigenvalue weighted by Crippen LogP contribution is -2.19. The van der Waals surface area contributed by atoms with E-state index >= 15 is 0 Å². The molecule has 1 aromatic heterocycles. The summed E-state index contributed by atoms with van der Waals surface area (Å²) >= 11 is 0. The van der Waals surface area contributed by atoms with Crippen molar-refractivity contribution in [1.29, 1.82) is 0 Å². The number of hydrazone groups is 1. The number of furan rings is 1. The van der Waals surface area contributed by atoms with Crippen molar-refractivity contribution in [1.82, 2.24) is 5.43 Å². The molecule has 0 saturated heterocycles. The second-order valence-electron chi connectivity index (χ2n) is 3.63. The van der Waals surface area contributed by atoms with Crippen molar-refractivity contribution >= 4 is 11.6 Å². The molecular weight excluding hydrogens is 235 g/mol. The molecule has 1 N–H and O–H groups in total. The number of halogens is 1. The predicted octanol–water partition coefficient (Wildman–Crippen LogP) is 2.57. The zero-order valence-corrected chi connectivity index (χ0v) is 9.68. The van der Waals surface area contributed by atoms with E-state index in [0.717, 1.165) is 6.07 Å². The highest BCUT2D eigenvalue weighted by molar-refractivity contribution is 5.99. The fraction of sp³-hybridized carbons (Fsp3) is 0.0769. The number of carbonyl (C=O) groups excluding carboxylic acids is 1. The van der Waals surface area contributed by atoms with Crippen LogP contribution in [0.5, 0.6) is 0 Å². The lowest BCUT2D eigenvalue weighted by molar-refractivity contribution is 0.0954. The first kappa shape index (κ1) is 12.0. The zero-order chi connectivity index (χ0) is 13.0. The topological polar surface area (TPSA) is 54.6 Å². The molecule has 0 aliphatic carbocycles. The van der Waals surface area contributed by atoms with Gasteiger partial charge in [-0.25, -0.2) is 9.82 Å². The van der Waals surface area contributed by atoms with E-state index in [9.17, 15) is 9.18 Å². The minimum Gasteiger partial charge on any atom is -0.463 e. The zero-order valence-electron chi connectivity index (χ0n) is 9.68. The fourth-order valence-corrected chi connectivity index (χ4v) is 1.37. The number of nitrogens with one attached hydrogen (secondary N) is 1. The third-order valence-electron chi connectivity index (χ3n) is 2.29. The van der Waals surface area contributed by atoms with Crippen LogP contribution in [0, 0.1) is 5.82 Å². The summed E-state index contributed by atoms with van der Waals surface area (Å²) in [4.78, 5) is 11.7. The van der Waals surface area contributed by atoms with Gasteiger partial charge < -0.3 is 4.42 Å². The summed E-state index contributed by atoms with van der Waals surface area (Å²) in [6.07, 6.45) is 1.52. The highest BCUT2D eigenvalue weighted by atomic mass is 19.1. The molecule has 5 heteroatoms. The van der Waals surface area contributed by atoms with Crippen molar-refractivity contribution in [3.05, 3.63) is 59.8 Å². The van der Waals surface area contributed by atoms with E-state index in [1.165, 1.54) is 24.5 Å². The maximum Gasteiger partial charge on any atom is 0.271 e. The molecule has 0 fully saturated rings. The van der Waals surface area contributed by atoms with Crippen molar-refractivity contribution in [2.24, 2.45) is 5.10 Å². The molecular formula is C13H11FN2O2. The van der Waals surface area contributed by atoms with E-state index in [1.54, 1.807) is 19.1 Å². The number of hydrogen-bond acceptors (Lipinski definition) is 3. The first-order chi connectivity index (χ1) is 8.66. The van der Waals surface area contributed by atoms with Crippen molar-refractivity contribution in [3.63, 3.8) is 0 Å². The normalized spacial score (nSPS) is 11.3. The van der Waals surface area contributed by atoms with Crippen molar-refractivity contribution in [2.75, 3.05) is 0 Å². The number of amides is 1. The van der Waals surface area contributed by atoms with Gasteiger partial charge >= 0.3 is 0 Å². The molecule has 0 bridgehead atoms. The van der Waals surface area contributed by atoms with E-state index in [2.05, 4.69) is 10.5 Å². The molecule has 0 saturated carbocycles. The van der Waals surface area contributed by atoms with Gasteiger partial charge in [0, 0.05) is 5.56 Å². The van der Waals surface area contributed by atoms with Gasteiger partial charge in [0.05, 0.1) is 6.26 Å². The molecule has 4 nitrogen and oxygen atoms in total. The second-order valence-corrected chi connectivity index (χ2v) is 3.63. The molecule has 0 aliphatic rings. The van der Waals surface area contributed by atoms with Gasteiger partial charge in [-0.15, -0.1) is 0 Å². The van der Waals surface area contributed by atoms with Gasteiger partial charge in [0.25, 0.3) is 5.91 Å². The molecule has 1 aromatic carbocycles. The SMILES string of the molecule is C/C(=N\NC(=O)c1cccc(F)c1)c1ccco1. The maximum absolute atomic E-state index is 12.9. The Morgan fingerprint density at radius 3 is 2.83 bits per heavy atom. The van der Waals surface area contributed by atoms with Crippen LogP contribution >= 0.6 is 0 Å². The number of hydrogen-bond donors (Lipinski definition) is 1. The van der Waals surface area contributed by atoms with Crippen LogP contribution in [0.3, 0.4) is 0 Å². The predicted molar refractivity (Wildman–Crippen MR) is 64.8 cm³/mol. The molecule has 0 atom stereocenters. The van der Waals surface area contributed by atoms with Crippen molar-refractivity contribution < 1.29 is 13.6 Å². The Kier molecular flexibility index (Phi) is 3.52. The van der Waals surface area contributed by atoms with E-state index in [4.69, 9.17) is 4.42 Å². The van der Waals surface area contributed by atoms with Crippen molar-refractivity contribution in [2.45, 2.75) is 6.92 Å². The number of carbonyl (C=O) groups is 1. The van der Waals surface area contributed by atoms with Gasteiger partial charge in [0.1, 0.15) is 17.3 Å². The smallest absolute Gasteiger partial charge is 0.271 e. The average Bonchev–Trinajstić information content (AvgIpc) is 2.89. The van der Waals surface area contributed by atoms with Crippen LogP contribution in [0.4, 0.5) is 4.39 Å². The molecule has 1 heterocycles. The van der Waals surface area contributed by atoms with E-state index in [1.807, 2.05) is 0 Å². The van der Waals surface area contributed by atoms with Gasteiger partial charge in [0.2, 0.25) is 0 Å². The van der Waals surface area contributed by atoms with Crippen LogP contribution in [0.2, 0.25) is 0 Å². The maximum atomic E-state index is 12.9. The summed E-state index contributed by atoms with van der Waals surface area (Å²) in [5.41, 5.74) is 3.08. The van der Waals surface area contributed by atoms with Crippen LogP contribution in [-0.4, -0.2) is 11.6 Å². The summed E-state index contributed by atoms with van der Waals surface area (Å²) in [6, 6.07) is 8.85. The monoisotopic (exact) mass is 246 g/mol. The Labute approximate surface area is 103 Å². The highest BCUT2D eigenvalue weighted by Gasteiger charge is 2.06. The summed E-state index contributed by atoms with van der Waals surface area (Å²) < 4.78 is 18.0. The van der Waals surface area contributed by atoms with Gasteiger partial charge in [-0.3, -0.25) is 4.79 Å². The first-order valence-electron chi connectivity index (χ1n) is 5.31. The largest absolute Gasteiger partial charge is 0.463 e. The Balaban J connectivity index is 2.07. The van der Waals surface area contributed by atoms with Gasteiger partial charge in [-0.1, -0.05) is 6.07 Å². The number of nitrogens with zero attached hydrogens (tertiary/aromatic N) is 1. The van der Waals surface area contributed by atoms with Crippen LogP contribution in [0.1, 0.15) is 23.0 Å². The molecule has 0 unspecified atom stereocenters. The number of benzene rings is 1. The fourth-order valence-electron chi connectivity index (χ4n) is 1.37. The average molecular weight is 246 g/mol. The van der Waals surface area contributed by atoms with E-state index < -0.39 is 11.7 Å². The molecule has 1 amide bonds.